The number of benzene rings is 1. The van der Waals surface area contributed by atoms with E-state index in [1.54, 1.807) is 0 Å². The molecule has 0 saturated heterocycles. The van der Waals surface area contributed by atoms with Gasteiger partial charge in [-0.2, -0.15) is 0 Å². The maximum Gasteiger partial charge on any atom is 0.323 e. The van der Waals surface area contributed by atoms with E-state index in [-0.39, 0.29) is 32.7 Å². The molecule has 0 bridgehead atoms. The van der Waals surface area contributed by atoms with Crippen molar-refractivity contribution < 1.29 is 24.2 Å². The summed E-state index contributed by atoms with van der Waals surface area (Å²) in [5.41, 5.74) is 6.50. The molecule has 6 nitrogen and oxygen atoms in total. The van der Waals surface area contributed by atoms with E-state index < -0.39 is 18.0 Å². The molecule has 3 N–H and O–H groups in total. The van der Waals surface area contributed by atoms with Gasteiger partial charge in [0.05, 0.1) is 6.61 Å². The van der Waals surface area contributed by atoms with Crippen LogP contribution in [0, 0.1) is 0 Å². The molecular formula is C14H19NO5. The average molecular weight is 281 g/mol. The van der Waals surface area contributed by atoms with E-state index in [2.05, 4.69) is 4.74 Å². The second-order valence-corrected chi connectivity index (χ2v) is 4.18. The molecule has 110 valence electrons. The van der Waals surface area contributed by atoms with E-state index in [9.17, 15) is 9.59 Å². The van der Waals surface area contributed by atoms with E-state index in [0.717, 1.165) is 5.56 Å². The molecule has 1 aromatic rings. The minimum atomic E-state index is -0.861. The van der Waals surface area contributed by atoms with Gasteiger partial charge >= 0.3 is 11.9 Å². The summed E-state index contributed by atoms with van der Waals surface area (Å²) in [7, 11) is 0. The highest BCUT2D eigenvalue weighted by Gasteiger charge is 2.17. The highest BCUT2D eigenvalue weighted by molar-refractivity contribution is 5.77. The van der Waals surface area contributed by atoms with Crippen LogP contribution in [0.5, 0.6) is 0 Å². The number of esters is 2. The van der Waals surface area contributed by atoms with Crippen molar-refractivity contribution in [3.05, 3.63) is 35.9 Å². The fourth-order valence-corrected chi connectivity index (χ4v) is 1.46. The smallest absolute Gasteiger partial charge is 0.323 e. The predicted molar refractivity (Wildman–Crippen MR) is 71.5 cm³/mol. The fourth-order valence-electron chi connectivity index (χ4n) is 1.46. The lowest BCUT2D eigenvalue weighted by molar-refractivity contribution is -0.148. The number of rotatable bonds is 8. The number of carbonyl (C=O) groups is 2. The Morgan fingerprint density at radius 1 is 1.20 bits per heavy atom. The summed E-state index contributed by atoms with van der Waals surface area (Å²) in [5, 5.41) is 8.48. The molecule has 0 aliphatic rings. The molecule has 1 atom stereocenters. The minimum absolute atomic E-state index is 0.0155. The molecule has 6 heteroatoms. The molecule has 1 aromatic carbocycles. The summed E-state index contributed by atoms with van der Waals surface area (Å²) in [6.07, 6.45) is 0.166. The first-order chi connectivity index (χ1) is 9.63. The molecular weight excluding hydrogens is 262 g/mol. The summed E-state index contributed by atoms with van der Waals surface area (Å²) in [5.74, 6) is -1.05. The predicted octanol–water partition coefficient (Wildman–Crippen LogP) is 0.373. The Bertz CT molecular complexity index is 421. The van der Waals surface area contributed by atoms with E-state index in [4.69, 9.17) is 15.6 Å². The average Bonchev–Trinajstić information content (AvgIpc) is 2.49. The van der Waals surface area contributed by atoms with Gasteiger partial charge in [0.2, 0.25) is 0 Å². The third kappa shape index (κ3) is 6.31. The molecule has 0 spiro atoms. The quantitative estimate of drug-likeness (QED) is 0.668. The van der Waals surface area contributed by atoms with Gasteiger partial charge in [-0.15, -0.1) is 0 Å². The van der Waals surface area contributed by atoms with Gasteiger partial charge < -0.3 is 20.3 Å². The van der Waals surface area contributed by atoms with Gasteiger partial charge in [-0.1, -0.05) is 30.3 Å². The van der Waals surface area contributed by atoms with E-state index >= 15 is 0 Å². The Kier molecular flexibility index (Phi) is 7.31. The summed E-state index contributed by atoms with van der Waals surface area (Å²) in [6.45, 7) is -0.119. The number of nitrogens with two attached hydrogens (primary N) is 1. The second-order valence-electron chi connectivity index (χ2n) is 4.18. The van der Waals surface area contributed by atoms with Gasteiger partial charge in [0.15, 0.2) is 0 Å². The van der Waals surface area contributed by atoms with Crippen LogP contribution in [0.3, 0.4) is 0 Å². The second kappa shape index (κ2) is 9.06. The monoisotopic (exact) mass is 281 g/mol. The van der Waals surface area contributed by atoms with Crippen molar-refractivity contribution in [2.24, 2.45) is 5.73 Å². The normalized spacial score (nSPS) is 11.7. The first-order valence-electron chi connectivity index (χ1n) is 6.36. The van der Waals surface area contributed by atoms with Crippen molar-refractivity contribution in [2.45, 2.75) is 25.5 Å². The number of carbonyl (C=O) groups excluding carboxylic acids is 2. The number of ether oxygens (including phenoxy) is 2. The SMILES string of the molecule is N[C@@H](CCC(=O)OCCO)C(=O)OCc1ccccc1. The number of hydrogen-bond acceptors (Lipinski definition) is 6. The summed E-state index contributed by atoms with van der Waals surface area (Å²) in [4.78, 5) is 22.8. The van der Waals surface area contributed by atoms with Crippen LogP contribution in [0.4, 0.5) is 0 Å². The Morgan fingerprint density at radius 3 is 2.55 bits per heavy atom. The summed E-state index contributed by atoms with van der Waals surface area (Å²) in [6, 6.07) is 8.38. The van der Waals surface area contributed by atoms with E-state index in [1.165, 1.54) is 0 Å². The third-order valence-electron chi connectivity index (χ3n) is 2.54. The fraction of sp³-hybridized carbons (Fsp3) is 0.429. The van der Waals surface area contributed by atoms with Crippen molar-refractivity contribution in [3.63, 3.8) is 0 Å². The first kappa shape index (κ1) is 16.1. The maximum atomic E-state index is 11.6. The number of hydrogen-bond donors (Lipinski definition) is 2. The first-order valence-corrected chi connectivity index (χ1v) is 6.36. The Morgan fingerprint density at radius 2 is 1.90 bits per heavy atom. The lowest BCUT2D eigenvalue weighted by Gasteiger charge is -2.11. The Labute approximate surface area is 117 Å². The standard InChI is InChI=1S/C14H19NO5/c15-12(6-7-13(17)19-9-8-16)14(18)20-10-11-4-2-1-3-5-11/h1-5,12,16H,6-10,15H2/t12-/m0/s1. The number of aliphatic hydroxyl groups excluding tert-OH is 1. The van der Waals surface area contributed by atoms with Crippen LogP contribution in [-0.4, -0.2) is 36.3 Å². The lowest BCUT2D eigenvalue weighted by atomic mass is 10.2. The molecule has 0 amide bonds. The molecule has 0 aromatic heterocycles. The van der Waals surface area contributed by atoms with Crippen LogP contribution in [-0.2, 0) is 25.7 Å². The van der Waals surface area contributed by atoms with Crippen molar-refractivity contribution in [1.82, 2.24) is 0 Å². The van der Waals surface area contributed by atoms with Crippen molar-refractivity contribution >= 4 is 11.9 Å². The zero-order valence-corrected chi connectivity index (χ0v) is 11.2. The highest BCUT2D eigenvalue weighted by Crippen LogP contribution is 2.04. The van der Waals surface area contributed by atoms with E-state index in [1.807, 2.05) is 30.3 Å². The zero-order valence-electron chi connectivity index (χ0n) is 11.2. The van der Waals surface area contributed by atoms with Gasteiger partial charge in [0, 0.05) is 6.42 Å². The van der Waals surface area contributed by atoms with Crippen molar-refractivity contribution in [3.8, 4) is 0 Å². The van der Waals surface area contributed by atoms with Crippen molar-refractivity contribution in [1.29, 1.82) is 0 Å². The molecule has 0 saturated carbocycles. The van der Waals surface area contributed by atoms with Gasteiger partial charge in [-0.05, 0) is 12.0 Å². The molecule has 0 radical (unpaired) electrons. The third-order valence-corrected chi connectivity index (χ3v) is 2.54. The largest absolute Gasteiger partial charge is 0.463 e. The maximum absolute atomic E-state index is 11.6. The zero-order chi connectivity index (χ0) is 14.8. The highest BCUT2D eigenvalue weighted by atomic mass is 16.5. The molecule has 0 aliphatic heterocycles. The Balaban J connectivity index is 2.24. The van der Waals surface area contributed by atoms with E-state index in [0.29, 0.717) is 0 Å². The minimum Gasteiger partial charge on any atom is -0.463 e. The van der Waals surface area contributed by atoms with Crippen LogP contribution < -0.4 is 5.73 Å². The van der Waals surface area contributed by atoms with Crippen LogP contribution >= 0.6 is 0 Å². The molecule has 0 unspecified atom stereocenters. The summed E-state index contributed by atoms with van der Waals surface area (Å²) >= 11 is 0. The van der Waals surface area contributed by atoms with Gasteiger partial charge in [-0.25, -0.2) is 0 Å². The van der Waals surface area contributed by atoms with Crippen LogP contribution in [0.15, 0.2) is 30.3 Å². The molecule has 0 fully saturated rings. The topological polar surface area (TPSA) is 98.9 Å². The van der Waals surface area contributed by atoms with Crippen LogP contribution in [0.25, 0.3) is 0 Å². The molecule has 1 rings (SSSR count). The molecule has 0 aliphatic carbocycles. The van der Waals surface area contributed by atoms with Crippen LogP contribution in [0.1, 0.15) is 18.4 Å². The van der Waals surface area contributed by atoms with Gasteiger partial charge in [0.1, 0.15) is 19.3 Å². The summed E-state index contributed by atoms with van der Waals surface area (Å²) < 4.78 is 9.70. The molecule has 0 heterocycles. The number of aliphatic hydroxyl groups is 1. The Hall–Kier alpha value is -1.92. The van der Waals surface area contributed by atoms with Crippen molar-refractivity contribution in [2.75, 3.05) is 13.2 Å². The van der Waals surface area contributed by atoms with Gasteiger partial charge in [-0.3, -0.25) is 9.59 Å². The van der Waals surface area contributed by atoms with Gasteiger partial charge in [0.25, 0.3) is 0 Å². The lowest BCUT2D eigenvalue weighted by Crippen LogP contribution is -2.33. The van der Waals surface area contributed by atoms with Crippen LogP contribution in [0.2, 0.25) is 0 Å². The molecule has 20 heavy (non-hydrogen) atoms.